The van der Waals surface area contributed by atoms with E-state index in [2.05, 4.69) is 4.98 Å². The number of hydrogen-bond acceptors (Lipinski definition) is 4. The summed E-state index contributed by atoms with van der Waals surface area (Å²) in [6.07, 6.45) is 0. The van der Waals surface area contributed by atoms with Gasteiger partial charge in [-0.25, -0.2) is 4.98 Å². The standard InChI is InChI=1S/C12H10N4/c13-7-9-10(14)6-11(15)16-12(9)8-4-2-1-3-5-8/h1-6H,(H4,14,15,16). The van der Waals surface area contributed by atoms with Crippen LogP contribution in [0.3, 0.4) is 0 Å². The van der Waals surface area contributed by atoms with Gasteiger partial charge in [0.05, 0.1) is 11.4 Å². The Morgan fingerprint density at radius 1 is 1.12 bits per heavy atom. The van der Waals surface area contributed by atoms with Crippen molar-refractivity contribution in [3.63, 3.8) is 0 Å². The first kappa shape index (κ1) is 9.99. The molecule has 0 radical (unpaired) electrons. The molecular formula is C12H10N4. The summed E-state index contributed by atoms with van der Waals surface area (Å²) in [5.74, 6) is 0.315. The number of nitrogens with two attached hydrogens (primary N) is 2. The smallest absolute Gasteiger partial charge is 0.126 e. The zero-order valence-electron chi connectivity index (χ0n) is 8.51. The number of benzene rings is 1. The van der Waals surface area contributed by atoms with Gasteiger partial charge in [-0.05, 0) is 0 Å². The maximum atomic E-state index is 9.04. The van der Waals surface area contributed by atoms with Crippen molar-refractivity contribution >= 4 is 11.5 Å². The molecule has 0 spiro atoms. The molecule has 0 unspecified atom stereocenters. The number of nitrogens with zero attached hydrogens (tertiary/aromatic N) is 2. The highest BCUT2D eigenvalue weighted by Crippen LogP contribution is 2.26. The van der Waals surface area contributed by atoms with Crippen LogP contribution in [0.2, 0.25) is 0 Å². The fraction of sp³-hybridized carbons (Fsp3) is 0. The van der Waals surface area contributed by atoms with Gasteiger partial charge < -0.3 is 11.5 Å². The number of pyridine rings is 1. The maximum Gasteiger partial charge on any atom is 0.126 e. The van der Waals surface area contributed by atoms with Crippen LogP contribution in [-0.2, 0) is 0 Å². The van der Waals surface area contributed by atoms with E-state index < -0.39 is 0 Å². The monoisotopic (exact) mass is 210 g/mol. The minimum atomic E-state index is 0.315. The van der Waals surface area contributed by atoms with Gasteiger partial charge in [0.1, 0.15) is 17.5 Å². The summed E-state index contributed by atoms with van der Waals surface area (Å²) < 4.78 is 0. The number of anilines is 2. The molecule has 0 aliphatic rings. The van der Waals surface area contributed by atoms with Gasteiger partial charge in [0.15, 0.2) is 0 Å². The SMILES string of the molecule is N#Cc1c(N)cc(N)nc1-c1ccccc1. The fourth-order valence-corrected chi connectivity index (χ4v) is 1.51. The van der Waals surface area contributed by atoms with E-state index in [1.165, 1.54) is 6.07 Å². The average Bonchev–Trinajstić information content (AvgIpc) is 2.29. The summed E-state index contributed by atoms with van der Waals surface area (Å²) in [7, 11) is 0. The normalized spacial score (nSPS) is 9.69. The first-order valence-electron chi connectivity index (χ1n) is 4.74. The van der Waals surface area contributed by atoms with Gasteiger partial charge >= 0.3 is 0 Å². The number of rotatable bonds is 1. The number of hydrogen-bond donors (Lipinski definition) is 2. The van der Waals surface area contributed by atoms with E-state index in [9.17, 15) is 0 Å². The molecule has 4 nitrogen and oxygen atoms in total. The van der Waals surface area contributed by atoms with Crippen molar-refractivity contribution in [1.29, 1.82) is 5.26 Å². The van der Waals surface area contributed by atoms with Crippen LogP contribution < -0.4 is 11.5 Å². The zero-order valence-corrected chi connectivity index (χ0v) is 8.51. The van der Waals surface area contributed by atoms with E-state index in [-0.39, 0.29) is 0 Å². The molecule has 78 valence electrons. The maximum absolute atomic E-state index is 9.04. The molecular weight excluding hydrogens is 200 g/mol. The fourth-order valence-electron chi connectivity index (χ4n) is 1.51. The summed E-state index contributed by atoms with van der Waals surface area (Å²) in [4.78, 5) is 4.15. The molecule has 1 heterocycles. The summed E-state index contributed by atoms with van der Waals surface area (Å²) in [6.45, 7) is 0. The molecule has 16 heavy (non-hydrogen) atoms. The van der Waals surface area contributed by atoms with Crippen LogP contribution in [-0.4, -0.2) is 4.98 Å². The van der Waals surface area contributed by atoms with E-state index >= 15 is 0 Å². The molecule has 0 atom stereocenters. The van der Waals surface area contributed by atoms with Crippen LogP contribution in [0.4, 0.5) is 11.5 Å². The Hall–Kier alpha value is -2.54. The Kier molecular flexibility index (Phi) is 2.44. The van der Waals surface area contributed by atoms with E-state index in [4.69, 9.17) is 16.7 Å². The lowest BCUT2D eigenvalue weighted by Gasteiger charge is -2.06. The van der Waals surface area contributed by atoms with E-state index in [0.717, 1.165) is 5.56 Å². The van der Waals surface area contributed by atoms with Crippen LogP contribution in [0.25, 0.3) is 11.3 Å². The molecule has 0 saturated heterocycles. The van der Waals surface area contributed by atoms with Gasteiger partial charge in [-0.15, -0.1) is 0 Å². The van der Waals surface area contributed by atoms with Crippen LogP contribution in [0.5, 0.6) is 0 Å². The van der Waals surface area contributed by atoms with Crippen molar-refractivity contribution in [2.24, 2.45) is 0 Å². The van der Waals surface area contributed by atoms with Gasteiger partial charge in [-0.2, -0.15) is 5.26 Å². The lowest BCUT2D eigenvalue weighted by molar-refractivity contribution is 1.31. The Labute approximate surface area is 93.1 Å². The molecule has 0 amide bonds. The third kappa shape index (κ3) is 1.66. The third-order valence-electron chi connectivity index (χ3n) is 2.23. The minimum absolute atomic E-state index is 0.315. The lowest BCUT2D eigenvalue weighted by Crippen LogP contribution is -2.00. The zero-order chi connectivity index (χ0) is 11.5. The van der Waals surface area contributed by atoms with Crippen molar-refractivity contribution in [2.75, 3.05) is 11.5 Å². The molecule has 1 aromatic heterocycles. The van der Waals surface area contributed by atoms with Crippen molar-refractivity contribution in [3.8, 4) is 17.3 Å². The van der Waals surface area contributed by atoms with Crippen LogP contribution in [0, 0.1) is 11.3 Å². The van der Waals surface area contributed by atoms with E-state index in [1.807, 2.05) is 36.4 Å². The lowest BCUT2D eigenvalue weighted by atomic mass is 10.1. The first-order valence-corrected chi connectivity index (χ1v) is 4.74. The summed E-state index contributed by atoms with van der Waals surface area (Å²) in [5, 5.41) is 9.04. The van der Waals surface area contributed by atoms with Gasteiger partial charge in [0, 0.05) is 11.6 Å². The van der Waals surface area contributed by atoms with E-state index in [1.54, 1.807) is 0 Å². The summed E-state index contributed by atoms with van der Waals surface area (Å²) >= 11 is 0. The summed E-state index contributed by atoms with van der Waals surface area (Å²) in [6, 6.07) is 12.9. The predicted octanol–water partition coefficient (Wildman–Crippen LogP) is 1.78. The molecule has 0 aliphatic carbocycles. The highest BCUT2D eigenvalue weighted by Gasteiger charge is 2.10. The second-order valence-corrected chi connectivity index (χ2v) is 3.34. The van der Waals surface area contributed by atoms with Crippen LogP contribution in [0.15, 0.2) is 36.4 Å². The van der Waals surface area contributed by atoms with Gasteiger partial charge in [-0.1, -0.05) is 30.3 Å². The Morgan fingerprint density at radius 2 is 1.81 bits per heavy atom. The largest absolute Gasteiger partial charge is 0.397 e. The quantitative estimate of drug-likeness (QED) is 0.750. The third-order valence-corrected chi connectivity index (χ3v) is 2.23. The van der Waals surface area contributed by atoms with Crippen molar-refractivity contribution < 1.29 is 0 Å². The molecule has 0 bridgehead atoms. The second kappa shape index (κ2) is 3.91. The van der Waals surface area contributed by atoms with Crippen molar-refractivity contribution in [3.05, 3.63) is 42.0 Å². The van der Waals surface area contributed by atoms with Gasteiger partial charge in [0.25, 0.3) is 0 Å². The average molecular weight is 210 g/mol. The predicted molar refractivity (Wildman–Crippen MR) is 63.2 cm³/mol. The number of nitriles is 1. The Bertz CT molecular complexity index is 555. The number of nitrogen functional groups attached to an aromatic ring is 2. The van der Waals surface area contributed by atoms with Gasteiger partial charge in [0.2, 0.25) is 0 Å². The van der Waals surface area contributed by atoms with Crippen LogP contribution >= 0.6 is 0 Å². The molecule has 2 aromatic rings. The molecule has 4 heteroatoms. The van der Waals surface area contributed by atoms with Crippen molar-refractivity contribution in [2.45, 2.75) is 0 Å². The topological polar surface area (TPSA) is 88.7 Å². The molecule has 4 N–H and O–H groups in total. The first-order chi connectivity index (χ1) is 7.72. The number of aromatic nitrogens is 1. The van der Waals surface area contributed by atoms with Crippen LogP contribution in [0.1, 0.15) is 5.56 Å². The molecule has 0 saturated carbocycles. The van der Waals surface area contributed by atoms with Crippen molar-refractivity contribution in [1.82, 2.24) is 4.98 Å². The molecule has 0 aliphatic heterocycles. The highest BCUT2D eigenvalue weighted by atomic mass is 14.9. The Balaban J connectivity index is 2.70. The van der Waals surface area contributed by atoms with Gasteiger partial charge in [-0.3, -0.25) is 0 Å². The summed E-state index contributed by atoms with van der Waals surface area (Å²) in [5.41, 5.74) is 13.4. The molecule has 0 fully saturated rings. The Morgan fingerprint density at radius 3 is 2.44 bits per heavy atom. The highest BCUT2D eigenvalue weighted by molar-refractivity contribution is 5.75. The second-order valence-electron chi connectivity index (χ2n) is 3.34. The molecule has 2 rings (SSSR count). The van der Waals surface area contributed by atoms with E-state index in [0.29, 0.717) is 22.8 Å². The minimum Gasteiger partial charge on any atom is -0.397 e. The molecule has 1 aromatic carbocycles.